The SMILES string of the molecule is O=C(O)C1CN(S(=O)(=O)/C=C/c2cccc(Br)c2)C1. The molecular weight excluding hydrogens is 334 g/mol. The van der Waals surface area contributed by atoms with Gasteiger partial charge in [-0.3, -0.25) is 4.79 Å². The van der Waals surface area contributed by atoms with Gasteiger partial charge in [-0.1, -0.05) is 28.1 Å². The first-order chi connectivity index (χ1) is 8.88. The number of nitrogens with zero attached hydrogens (tertiary/aromatic N) is 1. The smallest absolute Gasteiger partial charge is 0.309 e. The molecule has 1 aromatic rings. The molecule has 1 fully saturated rings. The summed E-state index contributed by atoms with van der Waals surface area (Å²) >= 11 is 3.30. The molecule has 1 N–H and O–H groups in total. The number of carboxylic acids is 1. The summed E-state index contributed by atoms with van der Waals surface area (Å²) in [6.07, 6.45) is 1.49. The molecule has 1 aliphatic rings. The maximum atomic E-state index is 11.9. The molecule has 1 heterocycles. The molecule has 0 atom stereocenters. The number of benzene rings is 1. The summed E-state index contributed by atoms with van der Waals surface area (Å²) < 4.78 is 25.8. The van der Waals surface area contributed by atoms with E-state index in [2.05, 4.69) is 15.9 Å². The van der Waals surface area contributed by atoms with Crippen LogP contribution in [0.2, 0.25) is 0 Å². The van der Waals surface area contributed by atoms with Crippen molar-refractivity contribution < 1.29 is 18.3 Å². The molecular formula is C12H12BrNO4S. The zero-order valence-corrected chi connectivity index (χ0v) is 12.3. The van der Waals surface area contributed by atoms with E-state index in [4.69, 9.17) is 5.11 Å². The van der Waals surface area contributed by atoms with Crippen molar-refractivity contribution in [3.8, 4) is 0 Å². The Labute approximate surface area is 119 Å². The second-order valence-electron chi connectivity index (χ2n) is 4.25. The van der Waals surface area contributed by atoms with Gasteiger partial charge in [0.05, 0.1) is 5.92 Å². The Morgan fingerprint density at radius 3 is 2.68 bits per heavy atom. The highest BCUT2D eigenvalue weighted by Gasteiger charge is 2.38. The van der Waals surface area contributed by atoms with E-state index in [1.54, 1.807) is 18.2 Å². The lowest BCUT2D eigenvalue weighted by molar-refractivity contribution is -0.145. The van der Waals surface area contributed by atoms with Gasteiger partial charge in [0.2, 0.25) is 10.0 Å². The van der Waals surface area contributed by atoms with Crippen LogP contribution in [0.15, 0.2) is 34.1 Å². The van der Waals surface area contributed by atoms with Gasteiger partial charge in [0.15, 0.2) is 0 Å². The Kier molecular flexibility index (Phi) is 4.07. The quantitative estimate of drug-likeness (QED) is 0.902. The molecule has 0 amide bonds. The van der Waals surface area contributed by atoms with E-state index in [0.717, 1.165) is 19.7 Å². The molecule has 1 aromatic carbocycles. The summed E-state index contributed by atoms with van der Waals surface area (Å²) in [6.45, 7) is 0.0843. The highest BCUT2D eigenvalue weighted by Crippen LogP contribution is 2.21. The molecule has 19 heavy (non-hydrogen) atoms. The molecule has 0 saturated carbocycles. The molecule has 0 unspecified atom stereocenters. The van der Waals surface area contributed by atoms with Gasteiger partial charge in [0, 0.05) is 23.0 Å². The number of halogens is 1. The van der Waals surface area contributed by atoms with Crippen molar-refractivity contribution >= 4 is 38.0 Å². The predicted octanol–water partition coefficient (Wildman–Crippen LogP) is 1.77. The largest absolute Gasteiger partial charge is 0.481 e. The lowest BCUT2D eigenvalue weighted by Gasteiger charge is -2.34. The van der Waals surface area contributed by atoms with Gasteiger partial charge in [-0.05, 0) is 23.8 Å². The monoisotopic (exact) mass is 345 g/mol. The molecule has 0 aromatic heterocycles. The summed E-state index contributed by atoms with van der Waals surface area (Å²) in [6, 6.07) is 7.23. The van der Waals surface area contributed by atoms with E-state index in [9.17, 15) is 13.2 Å². The standard InChI is InChI=1S/C12H12BrNO4S/c13-11-3-1-2-9(6-11)4-5-19(17,18)14-7-10(8-14)12(15)16/h1-6,10H,7-8H2,(H,15,16)/b5-4+. The van der Waals surface area contributed by atoms with E-state index >= 15 is 0 Å². The maximum absolute atomic E-state index is 11.9. The first-order valence-electron chi connectivity index (χ1n) is 5.55. The Morgan fingerprint density at radius 2 is 2.11 bits per heavy atom. The van der Waals surface area contributed by atoms with Crippen LogP contribution in [0.3, 0.4) is 0 Å². The fourth-order valence-electron chi connectivity index (χ4n) is 1.66. The topological polar surface area (TPSA) is 74.7 Å². The van der Waals surface area contributed by atoms with Crippen LogP contribution >= 0.6 is 15.9 Å². The predicted molar refractivity (Wildman–Crippen MR) is 74.8 cm³/mol. The fraction of sp³-hybridized carbons (Fsp3) is 0.250. The molecule has 0 bridgehead atoms. The van der Waals surface area contributed by atoms with E-state index in [0.29, 0.717) is 0 Å². The molecule has 5 nitrogen and oxygen atoms in total. The molecule has 2 rings (SSSR count). The number of sulfonamides is 1. The van der Waals surface area contributed by atoms with Crippen LogP contribution in [0.5, 0.6) is 0 Å². The van der Waals surface area contributed by atoms with Crippen LogP contribution in [0.1, 0.15) is 5.56 Å². The summed E-state index contributed by atoms with van der Waals surface area (Å²) in [4.78, 5) is 10.6. The van der Waals surface area contributed by atoms with Gasteiger partial charge in [0.25, 0.3) is 0 Å². The normalized spacial score (nSPS) is 17.5. The van der Waals surface area contributed by atoms with Crippen LogP contribution in [0.25, 0.3) is 6.08 Å². The van der Waals surface area contributed by atoms with Crippen LogP contribution < -0.4 is 0 Å². The van der Waals surface area contributed by atoms with Crippen LogP contribution in [-0.2, 0) is 14.8 Å². The van der Waals surface area contributed by atoms with Crippen molar-refractivity contribution in [3.63, 3.8) is 0 Å². The fourth-order valence-corrected chi connectivity index (χ4v) is 3.36. The van der Waals surface area contributed by atoms with Crippen molar-refractivity contribution in [2.75, 3.05) is 13.1 Å². The maximum Gasteiger partial charge on any atom is 0.309 e. The summed E-state index contributed by atoms with van der Waals surface area (Å²) in [5, 5.41) is 9.81. The van der Waals surface area contributed by atoms with Crippen LogP contribution in [0, 0.1) is 5.92 Å². The average molecular weight is 346 g/mol. The van der Waals surface area contributed by atoms with Crippen molar-refractivity contribution in [2.45, 2.75) is 0 Å². The van der Waals surface area contributed by atoms with E-state index < -0.39 is 21.9 Å². The highest BCUT2D eigenvalue weighted by atomic mass is 79.9. The van der Waals surface area contributed by atoms with Gasteiger partial charge >= 0.3 is 5.97 Å². The van der Waals surface area contributed by atoms with E-state index in [1.807, 2.05) is 6.07 Å². The zero-order valence-electron chi connectivity index (χ0n) is 9.86. The van der Waals surface area contributed by atoms with Crippen molar-refractivity contribution in [2.24, 2.45) is 5.92 Å². The van der Waals surface area contributed by atoms with E-state index in [1.165, 1.54) is 6.08 Å². The minimum atomic E-state index is -3.53. The third-order valence-corrected chi connectivity index (χ3v) is 4.83. The van der Waals surface area contributed by atoms with Gasteiger partial charge < -0.3 is 5.11 Å². The molecule has 0 aliphatic carbocycles. The van der Waals surface area contributed by atoms with Crippen molar-refractivity contribution in [1.82, 2.24) is 4.31 Å². The number of carbonyl (C=O) groups is 1. The molecule has 0 spiro atoms. The number of hydrogen-bond donors (Lipinski definition) is 1. The minimum absolute atomic E-state index is 0.0422. The molecule has 7 heteroatoms. The molecule has 1 saturated heterocycles. The molecule has 1 aliphatic heterocycles. The van der Waals surface area contributed by atoms with Gasteiger partial charge in [0.1, 0.15) is 0 Å². The lowest BCUT2D eigenvalue weighted by atomic mass is 10.0. The Morgan fingerprint density at radius 1 is 1.42 bits per heavy atom. The van der Waals surface area contributed by atoms with E-state index in [-0.39, 0.29) is 13.1 Å². The number of hydrogen-bond acceptors (Lipinski definition) is 3. The van der Waals surface area contributed by atoms with Gasteiger partial charge in [-0.15, -0.1) is 0 Å². The van der Waals surface area contributed by atoms with Crippen molar-refractivity contribution in [3.05, 3.63) is 39.7 Å². The third kappa shape index (κ3) is 3.43. The third-order valence-electron chi connectivity index (χ3n) is 2.84. The summed E-state index contributed by atoms with van der Waals surface area (Å²) in [7, 11) is -3.53. The van der Waals surface area contributed by atoms with Gasteiger partial charge in [-0.2, -0.15) is 4.31 Å². The lowest BCUT2D eigenvalue weighted by Crippen LogP contribution is -2.52. The molecule has 0 radical (unpaired) electrons. The summed E-state index contributed by atoms with van der Waals surface area (Å²) in [5.41, 5.74) is 0.758. The second-order valence-corrected chi connectivity index (χ2v) is 6.99. The Bertz CT molecular complexity index is 620. The summed E-state index contributed by atoms with van der Waals surface area (Å²) in [5.74, 6) is -1.54. The highest BCUT2D eigenvalue weighted by molar-refractivity contribution is 9.10. The van der Waals surface area contributed by atoms with Crippen molar-refractivity contribution in [1.29, 1.82) is 0 Å². The zero-order chi connectivity index (χ0) is 14.0. The van der Waals surface area contributed by atoms with Crippen LogP contribution in [-0.4, -0.2) is 36.9 Å². The minimum Gasteiger partial charge on any atom is -0.481 e. The first kappa shape index (κ1) is 14.2. The number of carboxylic acid groups (broad SMARTS) is 1. The average Bonchev–Trinajstić information content (AvgIpc) is 2.23. The second kappa shape index (κ2) is 5.44. The number of aliphatic carboxylic acids is 1. The first-order valence-corrected chi connectivity index (χ1v) is 7.85. The molecule has 102 valence electrons. The number of rotatable bonds is 4. The van der Waals surface area contributed by atoms with Crippen LogP contribution in [0.4, 0.5) is 0 Å². The van der Waals surface area contributed by atoms with Gasteiger partial charge in [-0.25, -0.2) is 8.42 Å². The Hall–Kier alpha value is -1.18. The Balaban J connectivity index is 2.04.